The molecule has 0 spiro atoms. The minimum absolute atomic E-state index is 0.322. The van der Waals surface area contributed by atoms with Gasteiger partial charge in [0, 0.05) is 18.8 Å². The molecule has 0 amide bonds. The van der Waals surface area contributed by atoms with E-state index in [1.165, 1.54) is 19.2 Å². The summed E-state index contributed by atoms with van der Waals surface area (Å²) in [7, 11) is 1.52. The molecule has 1 aromatic carbocycles. The highest BCUT2D eigenvalue weighted by Crippen LogP contribution is 2.26. The molecule has 1 aromatic heterocycles. The van der Waals surface area contributed by atoms with Crippen LogP contribution in [-0.2, 0) is 0 Å². The van der Waals surface area contributed by atoms with E-state index in [1.807, 2.05) is 24.6 Å². The number of hydrogen-bond acceptors (Lipinski definition) is 3. The number of ether oxygens (including phenoxy) is 1. The molecular formula is C13H16FN3O. The van der Waals surface area contributed by atoms with Gasteiger partial charge in [0.25, 0.3) is 0 Å². The van der Waals surface area contributed by atoms with Crippen molar-refractivity contribution in [2.24, 2.45) is 0 Å². The van der Waals surface area contributed by atoms with E-state index in [9.17, 15) is 4.39 Å². The lowest BCUT2D eigenvalue weighted by atomic mass is 10.3. The number of methoxy groups -OCH3 is 1. The Morgan fingerprint density at radius 3 is 2.89 bits per heavy atom. The average Bonchev–Trinajstić information content (AvgIpc) is 2.70. The van der Waals surface area contributed by atoms with Crippen LogP contribution in [0.2, 0.25) is 0 Å². The Morgan fingerprint density at radius 1 is 1.44 bits per heavy atom. The van der Waals surface area contributed by atoms with Crippen molar-refractivity contribution in [1.29, 1.82) is 0 Å². The quantitative estimate of drug-likeness (QED) is 0.905. The molecule has 1 N–H and O–H groups in total. The summed E-state index contributed by atoms with van der Waals surface area (Å²) in [5, 5.41) is 3.16. The van der Waals surface area contributed by atoms with Crippen LogP contribution in [0, 0.1) is 12.7 Å². The van der Waals surface area contributed by atoms with Gasteiger partial charge in [-0.3, -0.25) is 4.57 Å². The van der Waals surface area contributed by atoms with E-state index in [1.54, 1.807) is 6.07 Å². The van der Waals surface area contributed by atoms with Gasteiger partial charge in [0.15, 0.2) is 0 Å². The Balaban J connectivity index is 2.53. The normalized spacial score (nSPS) is 10.4. The van der Waals surface area contributed by atoms with Gasteiger partial charge in [0.05, 0.1) is 18.5 Å². The molecule has 1 heterocycles. The van der Waals surface area contributed by atoms with Crippen molar-refractivity contribution in [3.8, 4) is 11.4 Å². The van der Waals surface area contributed by atoms with Crippen molar-refractivity contribution >= 4 is 5.95 Å². The Labute approximate surface area is 105 Å². The van der Waals surface area contributed by atoms with Gasteiger partial charge in [0.2, 0.25) is 5.95 Å². The molecule has 0 aliphatic rings. The first-order chi connectivity index (χ1) is 8.65. The van der Waals surface area contributed by atoms with Crippen molar-refractivity contribution in [2.75, 3.05) is 19.0 Å². The van der Waals surface area contributed by atoms with Crippen molar-refractivity contribution in [1.82, 2.24) is 9.55 Å². The molecule has 96 valence electrons. The summed E-state index contributed by atoms with van der Waals surface area (Å²) in [6.07, 6.45) is 1.88. The fourth-order valence-corrected chi connectivity index (χ4v) is 1.81. The third kappa shape index (κ3) is 2.30. The number of hydrogen-bond donors (Lipinski definition) is 1. The fourth-order valence-electron chi connectivity index (χ4n) is 1.81. The highest BCUT2D eigenvalue weighted by molar-refractivity contribution is 5.52. The lowest BCUT2D eigenvalue weighted by molar-refractivity contribution is 0.409. The molecule has 2 aromatic rings. The van der Waals surface area contributed by atoms with E-state index in [4.69, 9.17) is 4.74 Å². The summed E-state index contributed by atoms with van der Waals surface area (Å²) in [5.74, 6) is 0.879. The van der Waals surface area contributed by atoms with Crippen LogP contribution >= 0.6 is 0 Å². The number of anilines is 1. The molecule has 2 rings (SSSR count). The molecule has 0 fully saturated rings. The molecule has 0 atom stereocenters. The smallest absolute Gasteiger partial charge is 0.207 e. The second-order valence-electron chi connectivity index (χ2n) is 3.92. The van der Waals surface area contributed by atoms with Gasteiger partial charge in [-0.05, 0) is 26.0 Å². The Kier molecular flexibility index (Phi) is 3.50. The first kappa shape index (κ1) is 12.4. The van der Waals surface area contributed by atoms with E-state index in [0.29, 0.717) is 5.75 Å². The van der Waals surface area contributed by atoms with Crippen LogP contribution in [0.1, 0.15) is 12.6 Å². The standard InChI is InChI=1S/C13H16FN3O/c1-4-15-13-16-9(2)8-17(13)11-6-5-10(14)7-12(11)18-3/h5-8H,4H2,1-3H3,(H,15,16). The van der Waals surface area contributed by atoms with Crippen LogP contribution in [0.15, 0.2) is 24.4 Å². The lowest BCUT2D eigenvalue weighted by Gasteiger charge is -2.12. The van der Waals surface area contributed by atoms with E-state index in [2.05, 4.69) is 10.3 Å². The minimum Gasteiger partial charge on any atom is -0.494 e. The zero-order valence-electron chi connectivity index (χ0n) is 10.7. The highest BCUT2D eigenvalue weighted by atomic mass is 19.1. The summed E-state index contributed by atoms with van der Waals surface area (Å²) in [5.41, 5.74) is 1.65. The van der Waals surface area contributed by atoms with Crippen LogP contribution in [0.3, 0.4) is 0 Å². The number of aryl methyl sites for hydroxylation is 1. The third-order valence-electron chi connectivity index (χ3n) is 2.56. The molecule has 0 saturated carbocycles. The molecule has 0 aliphatic heterocycles. The number of aromatic nitrogens is 2. The SMILES string of the molecule is CCNc1nc(C)cn1-c1ccc(F)cc1OC. The van der Waals surface area contributed by atoms with Gasteiger partial charge < -0.3 is 10.1 Å². The molecule has 0 bridgehead atoms. The molecule has 5 heteroatoms. The van der Waals surface area contributed by atoms with Gasteiger partial charge in [-0.2, -0.15) is 0 Å². The zero-order chi connectivity index (χ0) is 13.1. The maximum absolute atomic E-state index is 13.2. The maximum atomic E-state index is 13.2. The van der Waals surface area contributed by atoms with Crippen LogP contribution in [0.5, 0.6) is 5.75 Å². The number of halogens is 1. The van der Waals surface area contributed by atoms with Gasteiger partial charge >= 0.3 is 0 Å². The summed E-state index contributed by atoms with van der Waals surface area (Å²) in [6, 6.07) is 4.44. The Morgan fingerprint density at radius 2 is 2.22 bits per heavy atom. The van der Waals surface area contributed by atoms with E-state index in [0.717, 1.165) is 23.9 Å². The van der Waals surface area contributed by atoms with E-state index in [-0.39, 0.29) is 5.82 Å². The lowest BCUT2D eigenvalue weighted by Crippen LogP contribution is -2.06. The van der Waals surface area contributed by atoms with Crippen LogP contribution in [0.4, 0.5) is 10.3 Å². The van der Waals surface area contributed by atoms with Crippen LogP contribution in [0.25, 0.3) is 5.69 Å². The summed E-state index contributed by atoms with van der Waals surface area (Å²) in [4.78, 5) is 4.38. The molecular weight excluding hydrogens is 233 g/mol. The van der Waals surface area contributed by atoms with Crippen molar-refractivity contribution in [3.05, 3.63) is 35.9 Å². The Bertz CT molecular complexity index is 551. The van der Waals surface area contributed by atoms with Crippen LogP contribution < -0.4 is 10.1 Å². The monoisotopic (exact) mass is 249 g/mol. The van der Waals surface area contributed by atoms with Gasteiger partial charge in [-0.25, -0.2) is 9.37 Å². The number of nitrogens with zero attached hydrogens (tertiary/aromatic N) is 2. The van der Waals surface area contributed by atoms with E-state index < -0.39 is 0 Å². The molecule has 18 heavy (non-hydrogen) atoms. The number of nitrogens with one attached hydrogen (secondary N) is 1. The molecule has 0 saturated heterocycles. The number of benzene rings is 1. The van der Waals surface area contributed by atoms with Crippen molar-refractivity contribution in [3.63, 3.8) is 0 Å². The first-order valence-electron chi connectivity index (χ1n) is 5.79. The second-order valence-corrected chi connectivity index (χ2v) is 3.92. The fraction of sp³-hybridized carbons (Fsp3) is 0.308. The first-order valence-corrected chi connectivity index (χ1v) is 5.79. The summed E-state index contributed by atoms with van der Waals surface area (Å²) < 4.78 is 20.2. The summed E-state index contributed by atoms with van der Waals surface area (Å²) >= 11 is 0. The number of rotatable bonds is 4. The third-order valence-corrected chi connectivity index (χ3v) is 2.56. The zero-order valence-corrected chi connectivity index (χ0v) is 10.7. The van der Waals surface area contributed by atoms with Gasteiger partial charge in [-0.15, -0.1) is 0 Å². The molecule has 0 aliphatic carbocycles. The van der Waals surface area contributed by atoms with Gasteiger partial charge in [-0.1, -0.05) is 0 Å². The maximum Gasteiger partial charge on any atom is 0.207 e. The Hall–Kier alpha value is -2.04. The molecule has 0 radical (unpaired) electrons. The largest absolute Gasteiger partial charge is 0.494 e. The van der Waals surface area contributed by atoms with Gasteiger partial charge in [0.1, 0.15) is 11.6 Å². The number of imidazole rings is 1. The van der Waals surface area contributed by atoms with E-state index >= 15 is 0 Å². The molecule has 4 nitrogen and oxygen atoms in total. The average molecular weight is 249 g/mol. The predicted octanol–water partition coefficient (Wildman–Crippen LogP) is 2.76. The molecule has 0 unspecified atom stereocenters. The van der Waals surface area contributed by atoms with Crippen molar-refractivity contribution < 1.29 is 9.13 Å². The summed E-state index contributed by atoms with van der Waals surface area (Å²) in [6.45, 7) is 4.67. The predicted molar refractivity (Wildman–Crippen MR) is 69.0 cm³/mol. The highest BCUT2D eigenvalue weighted by Gasteiger charge is 2.11. The van der Waals surface area contributed by atoms with Crippen molar-refractivity contribution in [2.45, 2.75) is 13.8 Å². The van der Waals surface area contributed by atoms with Crippen LogP contribution in [-0.4, -0.2) is 23.2 Å². The minimum atomic E-state index is -0.322. The second kappa shape index (κ2) is 5.08. The topological polar surface area (TPSA) is 39.1 Å².